The van der Waals surface area contributed by atoms with Crippen molar-refractivity contribution in [2.45, 2.75) is 39.7 Å². The number of aromatic amines is 1. The van der Waals surface area contributed by atoms with Crippen LogP contribution >= 0.6 is 0 Å². The van der Waals surface area contributed by atoms with Crippen LogP contribution in [0.15, 0.2) is 65.5 Å². The van der Waals surface area contributed by atoms with Crippen LogP contribution in [0.25, 0.3) is 5.78 Å². The number of aryl methyl sites for hydroxylation is 2. The van der Waals surface area contributed by atoms with Gasteiger partial charge in [0.05, 0.1) is 12.5 Å². The molecule has 2 heterocycles. The van der Waals surface area contributed by atoms with Gasteiger partial charge in [-0.1, -0.05) is 49.4 Å². The summed E-state index contributed by atoms with van der Waals surface area (Å²) in [6.07, 6.45) is 0.672. The van der Waals surface area contributed by atoms with Gasteiger partial charge in [-0.05, 0) is 43.5 Å². The summed E-state index contributed by atoms with van der Waals surface area (Å²) < 4.78 is 1.30. The number of hydrogen-bond donors (Lipinski definition) is 1. The van der Waals surface area contributed by atoms with E-state index in [1.807, 2.05) is 68.4 Å². The number of H-pyrrole nitrogens is 1. The molecule has 0 aliphatic carbocycles. The van der Waals surface area contributed by atoms with Gasteiger partial charge in [0.2, 0.25) is 5.91 Å². The molecule has 2 aromatic carbocycles. The fraction of sp³-hybridized carbons (Fsp3) is 0.250. The van der Waals surface area contributed by atoms with E-state index in [0.717, 1.165) is 16.8 Å². The van der Waals surface area contributed by atoms with E-state index < -0.39 is 0 Å². The van der Waals surface area contributed by atoms with Crippen LogP contribution < -0.4 is 10.5 Å². The van der Waals surface area contributed by atoms with Crippen LogP contribution in [0.4, 0.5) is 5.69 Å². The number of fused-ring (bicyclic) bond motifs is 1. The van der Waals surface area contributed by atoms with Gasteiger partial charge in [0.25, 0.3) is 11.3 Å². The van der Waals surface area contributed by atoms with Crippen molar-refractivity contribution in [2.24, 2.45) is 0 Å². The first-order valence-corrected chi connectivity index (χ1v) is 10.3. The Morgan fingerprint density at radius 3 is 2.55 bits per heavy atom. The fourth-order valence-electron chi connectivity index (χ4n) is 3.78. The van der Waals surface area contributed by atoms with E-state index in [2.05, 4.69) is 15.1 Å². The Kier molecular flexibility index (Phi) is 5.66. The Morgan fingerprint density at radius 2 is 1.84 bits per heavy atom. The largest absolute Gasteiger partial charge is 0.304 e. The minimum absolute atomic E-state index is 0.0174. The lowest BCUT2D eigenvalue weighted by molar-refractivity contribution is -0.120. The van der Waals surface area contributed by atoms with Gasteiger partial charge in [0.1, 0.15) is 5.82 Å². The average Bonchev–Trinajstić information content (AvgIpc) is 3.16. The third-order valence-electron chi connectivity index (χ3n) is 5.30. The van der Waals surface area contributed by atoms with Crippen LogP contribution in [0.1, 0.15) is 41.9 Å². The highest BCUT2D eigenvalue weighted by Crippen LogP contribution is 2.27. The van der Waals surface area contributed by atoms with Gasteiger partial charge < -0.3 is 4.90 Å². The predicted octanol–water partition coefficient (Wildman–Crippen LogP) is 3.76. The number of benzene rings is 2. The molecule has 4 aromatic rings. The van der Waals surface area contributed by atoms with Gasteiger partial charge in [0, 0.05) is 17.4 Å². The first kappa shape index (κ1) is 20.5. The highest BCUT2D eigenvalue weighted by atomic mass is 16.2. The third-order valence-corrected chi connectivity index (χ3v) is 5.30. The third kappa shape index (κ3) is 4.26. The summed E-state index contributed by atoms with van der Waals surface area (Å²) in [5.74, 6) is 0.491. The Morgan fingerprint density at radius 1 is 1.06 bits per heavy atom. The topological polar surface area (TPSA) is 83.4 Å². The van der Waals surface area contributed by atoms with Crippen LogP contribution in [0, 0.1) is 13.8 Å². The number of nitrogens with one attached hydrogen (secondary N) is 1. The monoisotopic (exact) mass is 415 g/mol. The van der Waals surface area contributed by atoms with Gasteiger partial charge >= 0.3 is 0 Å². The van der Waals surface area contributed by atoms with Crippen LogP contribution in [0.3, 0.4) is 0 Å². The standard InChI is InChI=1S/C24H25N5O2/c1-4-20(18-10-6-5-7-11-18)23(31)28(19-12-8-9-16(2)13-19)15-21-26-24-25-17(3)14-22(30)29(24)27-21/h5-14,20H,4,15H2,1-3H3,(H,25,26,27)/t20-/m1/s1. The van der Waals surface area contributed by atoms with Crippen molar-refractivity contribution in [3.63, 3.8) is 0 Å². The van der Waals surface area contributed by atoms with Gasteiger partial charge in [0.15, 0.2) is 0 Å². The normalized spacial score (nSPS) is 12.1. The van der Waals surface area contributed by atoms with E-state index in [9.17, 15) is 9.59 Å². The molecular weight excluding hydrogens is 390 g/mol. The number of carbonyl (C=O) groups is 1. The zero-order valence-corrected chi connectivity index (χ0v) is 17.9. The van der Waals surface area contributed by atoms with E-state index in [0.29, 0.717) is 23.7 Å². The Hall–Kier alpha value is -3.74. The quantitative estimate of drug-likeness (QED) is 0.520. The molecule has 0 aliphatic heterocycles. The van der Waals surface area contributed by atoms with Gasteiger partial charge in [-0.15, -0.1) is 0 Å². The number of carbonyl (C=O) groups excluding carboxylic acids is 1. The number of rotatable bonds is 6. The molecule has 0 saturated carbocycles. The van der Waals surface area contributed by atoms with Crippen molar-refractivity contribution >= 4 is 17.4 Å². The number of anilines is 1. The molecule has 31 heavy (non-hydrogen) atoms. The van der Waals surface area contributed by atoms with Crippen LogP contribution in [-0.2, 0) is 11.3 Å². The van der Waals surface area contributed by atoms with E-state index in [1.54, 1.807) is 11.8 Å². The van der Waals surface area contributed by atoms with Crippen LogP contribution in [-0.4, -0.2) is 25.5 Å². The molecule has 0 aliphatic rings. The molecule has 0 radical (unpaired) electrons. The van der Waals surface area contributed by atoms with Gasteiger partial charge in [-0.2, -0.15) is 9.50 Å². The summed E-state index contributed by atoms with van der Waals surface area (Å²) in [6, 6.07) is 19.1. The summed E-state index contributed by atoms with van der Waals surface area (Å²) in [5.41, 5.74) is 3.19. The maximum atomic E-state index is 13.7. The molecule has 0 fully saturated rings. The lowest BCUT2D eigenvalue weighted by atomic mass is 9.94. The van der Waals surface area contributed by atoms with Crippen molar-refractivity contribution in [2.75, 3.05) is 4.90 Å². The summed E-state index contributed by atoms with van der Waals surface area (Å²) in [4.78, 5) is 36.5. The smallest absolute Gasteiger partial charge is 0.274 e. The number of nitrogens with zero attached hydrogens (tertiary/aromatic N) is 4. The summed E-state index contributed by atoms with van der Waals surface area (Å²) in [5, 5.41) is 2.99. The Labute approximate surface area is 180 Å². The molecular formula is C24H25N5O2. The van der Waals surface area contributed by atoms with Crippen molar-refractivity contribution in [3.05, 3.63) is 93.7 Å². The molecule has 7 heteroatoms. The van der Waals surface area contributed by atoms with Gasteiger partial charge in [-0.3, -0.25) is 14.7 Å². The summed E-state index contributed by atoms with van der Waals surface area (Å²) in [7, 11) is 0. The fourth-order valence-corrected chi connectivity index (χ4v) is 3.78. The van der Waals surface area contributed by atoms with E-state index in [1.165, 1.54) is 10.6 Å². The van der Waals surface area contributed by atoms with Gasteiger partial charge in [-0.25, -0.2) is 4.98 Å². The van der Waals surface area contributed by atoms with Crippen molar-refractivity contribution in [1.82, 2.24) is 19.6 Å². The maximum absolute atomic E-state index is 13.7. The maximum Gasteiger partial charge on any atom is 0.274 e. The molecule has 0 spiro atoms. The van der Waals surface area contributed by atoms with Crippen molar-refractivity contribution in [1.29, 1.82) is 0 Å². The highest BCUT2D eigenvalue weighted by Gasteiger charge is 2.27. The van der Waals surface area contributed by atoms with Crippen molar-refractivity contribution < 1.29 is 4.79 Å². The van der Waals surface area contributed by atoms with Crippen molar-refractivity contribution in [3.8, 4) is 0 Å². The summed E-state index contributed by atoms with van der Waals surface area (Å²) >= 11 is 0. The Balaban J connectivity index is 1.75. The molecule has 4 rings (SSSR count). The number of amides is 1. The molecule has 0 bridgehead atoms. The lowest BCUT2D eigenvalue weighted by Crippen LogP contribution is -2.35. The molecule has 7 nitrogen and oxygen atoms in total. The van der Waals surface area contributed by atoms with Crippen LogP contribution in [0.2, 0.25) is 0 Å². The Bertz CT molecular complexity index is 1280. The molecule has 0 unspecified atom stereocenters. The molecule has 1 amide bonds. The minimum Gasteiger partial charge on any atom is -0.304 e. The van der Waals surface area contributed by atoms with E-state index >= 15 is 0 Å². The molecule has 1 atom stereocenters. The molecule has 158 valence electrons. The first-order valence-electron chi connectivity index (χ1n) is 10.3. The zero-order valence-electron chi connectivity index (χ0n) is 17.9. The molecule has 0 saturated heterocycles. The number of hydrogen-bond acceptors (Lipinski definition) is 4. The predicted molar refractivity (Wildman–Crippen MR) is 120 cm³/mol. The zero-order chi connectivity index (χ0) is 22.0. The number of aromatic nitrogens is 4. The lowest BCUT2D eigenvalue weighted by Gasteiger charge is -2.27. The van der Waals surface area contributed by atoms with Crippen LogP contribution in [0.5, 0.6) is 0 Å². The SMILES string of the molecule is CC[C@@H](C(=O)N(Cc1nc2nc(C)cc(=O)n2[nH]1)c1cccc(C)c1)c1ccccc1. The van der Waals surface area contributed by atoms with E-state index in [4.69, 9.17) is 0 Å². The first-order chi connectivity index (χ1) is 15.0. The molecule has 1 N–H and O–H groups in total. The average molecular weight is 415 g/mol. The summed E-state index contributed by atoms with van der Waals surface area (Å²) in [6.45, 7) is 5.96. The van der Waals surface area contributed by atoms with E-state index in [-0.39, 0.29) is 23.9 Å². The highest BCUT2D eigenvalue weighted by molar-refractivity contribution is 5.98. The second kappa shape index (κ2) is 8.55. The second-order valence-electron chi connectivity index (χ2n) is 7.68. The molecule has 2 aromatic heterocycles. The second-order valence-corrected chi connectivity index (χ2v) is 7.68. The minimum atomic E-state index is -0.283.